The molecule has 1 aliphatic carbocycles. The van der Waals surface area contributed by atoms with E-state index in [-0.39, 0.29) is 5.41 Å². The predicted molar refractivity (Wildman–Crippen MR) is 121 cm³/mol. The van der Waals surface area contributed by atoms with Gasteiger partial charge in [0, 0.05) is 22.5 Å². The minimum absolute atomic E-state index is 0.233. The Labute approximate surface area is 170 Å². The van der Waals surface area contributed by atoms with Crippen molar-refractivity contribution in [1.82, 2.24) is 4.98 Å². The molecule has 4 rings (SSSR count). The summed E-state index contributed by atoms with van der Waals surface area (Å²) >= 11 is 0. The Morgan fingerprint density at radius 1 is 1.00 bits per heavy atom. The normalized spacial score (nSPS) is 22.0. The van der Waals surface area contributed by atoms with Crippen LogP contribution in [0.3, 0.4) is 0 Å². The Morgan fingerprint density at radius 2 is 1.64 bits per heavy atom. The molecular weight excluding hydrogens is 338 g/mol. The Morgan fingerprint density at radius 3 is 2.25 bits per heavy atom. The third-order valence-corrected chi connectivity index (χ3v) is 7.12. The lowest BCUT2D eigenvalue weighted by molar-refractivity contribution is 0.590. The molecule has 1 heteroatoms. The van der Waals surface area contributed by atoms with Crippen LogP contribution in [0.5, 0.6) is 0 Å². The lowest BCUT2D eigenvalue weighted by Crippen LogP contribution is -2.10. The average molecular weight is 374 g/mol. The zero-order chi connectivity index (χ0) is 19.9. The number of hydrogen-bond donors (Lipinski definition) is 1. The van der Waals surface area contributed by atoms with Crippen molar-refractivity contribution in [2.24, 2.45) is 5.92 Å². The summed E-state index contributed by atoms with van der Waals surface area (Å²) in [6.45, 7) is 11.6. The minimum Gasteiger partial charge on any atom is -0.361 e. The van der Waals surface area contributed by atoms with Gasteiger partial charge >= 0.3 is 0 Å². The fourth-order valence-corrected chi connectivity index (χ4v) is 4.95. The van der Waals surface area contributed by atoms with E-state index in [1.54, 1.807) is 5.56 Å². The van der Waals surface area contributed by atoms with E-state index in [2.05, 4.69) is 88.3 Å². The maximum atomic E-state index is 3.52. The Balaban J connectivity index is 1.44. The summed E-state index contributed by atoms with van der Waals surface area (Å²) in [6.07, 6.45) is 8.36. The third-order valence-electron chi connectivity index (χ3n) is 7.12. The van der Waals surface area contributed by atoms with Crippen molar-refractivity contribution in [2.75, 3.05) is 0 Å². The number of nitrogens with one attached hydrogen (secondary N) is 1. The van der Waals surface area contributed by atoms with Crippen molar-refractivity contribution in [3.8, 4) is 0 Å². The number of aromatic amines is 1. The summed E-state index contributed by atoms with van der Waals surface area (Å²) in [7, 11) is 0. The smallest absolute Gasteiger partial charge is 0.0457 e. The molecule has 1 saturated carbocycles. The molecule has 0 saturated heterocycles. The van der Waals surface area contributed by atoms with Crippen LogP contribution in [0, 0.1) is 5.92 Å². The molecule has 28 heavy (non-hydrogen) atoms. The zero-order valence-electron chi connectivity index (χ0n) is 18.2. The molecule has 1 aliphatic rings. The number of rotatable bonds is 6. The molecule has 0 spiro atoms. The monoisotopic (exact) mass is 373 g/mol. The first-order valence-corrected chi connectivity index (χ1v) is 11.0. The van der Waals surface area contributed by atoms with Crippen molar-refractivity contribution < 1.29 is 0 Å². The van der Waals surface area contributed by atoms with E-state index < -0.39 is 0 Å². The van der Waals surface area contributed by atoms with Crippen molar-refractivity contribution in [3.63, 3.8) is 0 Å². The van der Waals surface area contributed by atoms with Crippen molar-refractivity contribution in [2.45, 2.75) is 77.6 Å². The summed E-state index contributed by atoms with van der Waals surface area (Å²) < 4.78 is 0. The molecule has 1 fully saturated rings. The highest BCUT2D eigenvalue weighted by molar-refractivity contribution is 5.85. The second-order valence-electron chi connectivity index (χ2n) is 10.00. The minimum atomic E-state index is 0.233. The topological polar surface area (TPSA) is 15.8 Å². The van der Waals surface area contributed by atoms with Gasteiger partial charge in [-0.1, -0.05) is 65.0 Å². The number of hydrogen-bond acceptors (Lipinski definition) is 0. The second kappa shape index (κ2) is 7.10. The zero-order valence-corrected chi connectivity index (χ0v) is 18.2. The third kappa shape index (κ3) is 3.52. The van der Waals surface area contributed by atoms with E-state index in [1.807, 2.05) is 0 Å². The van der Waals surface area contributed by atoms with Crippen LogP contribution in [-0.4, -0.2) is 4.98 Å². The predicted octanol–water partition coefficient (Wildman–Crippen LogP) is 7.33. The van der Waals surface area contributed by atoms with Crippen LogP contribution in [-0.2, 0) is 23.7 Å². The highest BCUT2D eigenvalue weighted by Gasteiger charge is 2.51. The van der Waals surface area contributed by atoms with Gasteiger partial charge in [-0.25, -0.2) is 0 Å². The first kappa shape index (κ1) is 19.3. The molecule has 2 aromatic carbocycles. The van der Waals surface area contributed by atoms with E-state index in [1.165, 1.54) is 46.9 Å². The molecule has 1 heterocycles. The molecule has 1 nitrogen and oxygen atoms in total. The molecule has 1 N–H and O–H groups in total. The van der Waals surface area contributed by atoms with Crippen LogP contribution in [0.15, 0.2) is 48.7 Å². The van der Waals surface area contributed by atoms with Crippen molar-refractivity contribution in [1.29, 1.82) is 0 Å². The standard InChI is InChI=1S/C27H35N/c1-6-27(17-19(27)2)24-18-28-25-15-12-21(16-23(24)25)9-7-8-20-10-13-22(14-11-20)26(3,4)5/h10-16,18-19,28H,6-9,17H2,1-5H3. The van der Waals surface area contributed by atoms with Crippen LogP contribution < -0.4 is 0 Å². The van der Waals surface area contributed by atoms with E-state index >= 15 is 0 Å². The van der Waals surface area contributed by atoms with E-state index in [0.717, 1.165) is 18.8 Å². The van der Waals surface area contributed by atoms with Gasteiger partial charge in [0.25, 0.3) is 0 Å². The molecular formula is C27H35N. The summed E-state index contributed by atoms with van der Waals surface area (Å²) in [6, 6.07) is 16.3. The van der Waals surface area contributed by atoms with Crippen LogP contribution in [0.4, 0.5) is 0 Å². The number of H-pyrrole nitrogens is 1. The number of aromatic nitrogens is 1. The molecule has 0 radical (unpaired) electrons. The molecule has 3 aromatic rings. The van der Waals surface area contributed by atoms with Gasteiger partial charge < -0.3 is 4.98 Å². The van der Waals surface area contributed by atoms with Gasteiger partial charge in [-0.3, -0.25) is 0 Å². The highest BCUT2D eigenvalue weighted by atomic mass is 14.7. The fourth-order valence-electron chi connectivity index (χ4n) is 4.95. The van der Waals surface area contributed by atoms with Crippen LogP contribution in [0.1, 0.15) is 76.1 Å². The Hall–Kier alpha value is -2.02. The highest BCUT2D eigenvalue weighted by Crippen LogP contribution is 2.57. The van der Waals surface area contributed by atoms with E-state index in [0.29, 0.717) is 5.41 Å². The molecule has 148 valence electrons. The Bertz CT molecular complexity index is 950. The van der Waals surface area contributed by atoms with Gasteiger partial charge in [0.15, 0.2) is 0 Å². The molecule has 2 unspecified atom stereocenters. The van der Waals surface area contributed by atoms with Gasteiger partial charge in [0.05, 0.1) is 0 Å². The van der Waals surface area contributed by atoms with Crippen molar-refractivity contribution >= 4 is 10.9 Å². The summed E-state index contributed by atoms with van der Waals surface area (Å²) in [5.41, 5.74) is 7.84. The van der Waals surface area contributed by atoms with Crippen LogP contribution >= 0.6 is 0 Å². The van der Waals surface area contributed by atoms with Crippen LogP contribution in [0.2, 0.25) is 0 Å². The quantitative estimate of drug-likeness (QED) is 0.465. The fraction of sp³-hybridized carbons (Fsp3) is 0.481. The van der Waals surface area contributed by atoms with Gasteiger partial charge in [-0.05, 0) is 77.8 Å². The Kier molecular flexibility index (Phi) is 4.89. The van der Waals surface area contributed by atoms with Gasteiger partial charge in [-0.15, -0.1) is 0 Å². The largest absolute Gasteiger partial charge is 0.361 e. The van der Waals surface area contributed by atoms with Crippen LogP contribution in [0.25, 0.3) is 10.9 Å². The number of aryl methyl sites for hydroxylation is 2. The van der Waals surface area contributed by atoms with Crippen molar-refractivity contribution in [3.05, 3.63) is 70.9 Å². The summed E-state index contributed by atoms with van der Waals surface area (Å²) in [4.78, 5) is 3.52. The first-order valence-electron chi connectivity index (χ1n) is 11.0. The lowest BCUT2D eigenvalue weighted by Gasteiger charge is -2.19. The molecule has 2 atom stereocenters. The number of fused-ring (bicyclic) bond motifs is 1. The molecule has 1 aromatic heterocycles. The first-order chi connectivity index (χ1) is 13.3. The molecule has 0 aliphatic heterocycles. The summed E-state index contributed by atoms with van der Waals surface area (Å²) in [5.74, 6) is 0.816. The lowest BCUT2D eigenvalue weighted by atomic mass is 9.86. The maximum Gasteiger partial charge on any atom is 0.0457 e. The average Bonchev–Trinajstić information content (AvgIpc) is 3.15. The van der Waals surface area contributed by atoms with Gasteiger partial charge in [0.2, 0.25) is 0 Å². The SMILES string of the molecule is CCC1(c2c[nH]c3ccc(CCCc4ccc(C(C)(C)C)cc4)cc23)CC1C. The maximum absolute atomic E-state index is 3.52. The molecule has 0 amide bonds. The van der Waals surface area contributed by atoms with E-state index in [9.17, 15) is 0 Å². The van der Waals surface area contributed by atoms with E-state index in [4.69, 9.17) is 0 Å². The molecule has 0 bridgehead atoms. The van der Waals surface area contributed by atoms with Gasteiger partial charge in [-0.2, -0.15) is 0 Å². The summed E-state index contributed by atoms with van der Waals surface area (Å²) in [5, 5.41) is 1.46. The number of benzene rings is 2. The van der Waals surface area contributed by atoms with Gasteiger partial charge in [0.1, 0.15) is 0 Å². The second-order valence-corrected chi connectivity index (χ2v) is 10.00.